The summed E-state index contributed by atoms with van der Waals surface area (Å²) < 4.78 is 5.65. The molecule has 28 heavy (non-hydrogen) atoms. The molecule has 4 aliphatic heterocycles. The highest BCUT2D eigenvalue weighted by molar-refractivity contribution is 5.94. The SMILES string of the molecule is COc1ccccc1[C@H]1CN(C(=O)c2ccc(=O)[nH]c2)[C@@H]2C3CCN(CC3)[C@H]12. The number of aromatic nitrogens is 1. The Morgan fingerprint density at radius 2 is 1.89 bits per heavy atom. The third kappa shape index (κ3) is 2.66. The van der Waals surface area contributed by atoms with E-state index in [0.717, 1.165) is 31.7 Å². The molecule has 146 valence electrons. The molecule has 6 nitrogen and oxygen atoms in total. The van der Waals surface area contributed by atoms with Gasteiger partial charge in [-0.2, -0.15) is 0 Å². The Kier molecular flexibility index (Phi) is 4.23. The molecule has 0 aliphatic carbocycles. The number of fused-ring (bicyclic) bond motifs is 2. The molecule has 5 heterocycles. The summed E-state index contributed by atoms with van der Waals surface area (Å²) in [5.41, 5.74) is 1.55. The summed E-state index contributed by atoms with van der Waals surface area (Å²) in [7, 11) is 1.71. The van der Waals surface area contributed by atoms with E-state index in [0.29, 0.717) is 24.1 Å². The van der Waals surface area contributed by atoms with Gasteiger partial charge in [0.05, 0.1) is 18.7 Å². The van der Waals surface area contributed by atoms with Crippen LogP contribution in [0.5, 0.6) is 5.75 Å². The lowest BCUT2D eigenvalue weighted by molar-refractivity contribution is -0.00351. The van der Waals surface area contributed by atoms with E-state index in [9.17, 15) is 9.59 Å². The Balaban J connectivity index is 1.55. The van der Waals surface area contributed by atoms with Crippen LogP contribution < -0.4 is 10.3 Å². The van der Waals surface area contributed by atoms with E-state index in [2.05, 4.69) is 26.9 Å². The van der Waals surface area contributed by atoms with E-state index in [1.807, 2.05) is 12.1 Å². The standard InChI is InChI=1S/C22H25N3O3/c1-28-18-5-3-2-4-16(18)17-13-25(22(27)15-6-7-19(26)23-12-15)20-14-8-10-24(11-9-14)21(17)20/h2-7,12,14,17,20-21H,8-11,13H2,1H3,(H,23,26)/t17-,20-,21-/m1/s1. The van der Waals surface area contributed by atoms with Gasteiger partial charge >= 0.3 is 0 Å². The van der Waals surface area contributed by atoms with Gasteiger partial charge in [0.2, 0.25) is 5.56 Å². The number of aromatic amines is 1. The Bertz CT molecular complexity index is 928. The van der Waals surface area contributed by atoms with E-state index in [1.165, 1.54) is 17.8 Å². The highest BCUT2D eigenvalue weighted by atomic mass is 16.5. The number of ether oxygens (including phenoxy) is 1. The van der Waals surface area contributed by atoms with Crippen molar-refractivity contribution in [2.75, 3.05) is 26.7 Å². The van der Waals surface area contributed by atoms with Gasteiger partial charge in [0.15, 0.2) is 0 Å². The lowest BCUT2D eigenvalue weighted by Crippen LogP contribution is -2.60. The van der Waals surface area contributed by atoms with Gasteiger partial charge in [-0.3, -0.25) is 14.5 Å². The van der Waals surface area contributed by atoms with E-state index in [4.69, 9.17) is 4.74 Å². The molecule has 0 unspecified atom stereocenters. The van der Waals surface area contributed by atoms with Crippen molar-refractivity contribution in [3.8, 4) is 5.75 Å². The zero-order chi connectivity index (χ0) is 19.3. The molecule has 4 saturated heterocycles. The summed E-state index contributed by atoms with van der Waals surface area (Å²) >= 11 is 0. The van der Waals surface area contributed by atoms with Gasteiger partial charge in [0.25, 0.3) is 5.91 Å². The summed E-state index contributed by atoms with van der Waals surface area (Å²) in [5.74, 6) is 1.68. The monoisotopic (exact) mass is 379 g/mol. The Labute approximate surface area is 164 Å². The van der Waals surface area contributed by atoms with Crippen LogP contribution in [0, 0.1) is 5.92 Å². The zero-order valence-electron chi connectivity index (χ0n) is 16.0. The molecule has 1 aromatic carbocycles. The molecule has 2 bridgehead atoms. The number of amides is 1. The van der Waals surface area contributed by atoms with Crippen LogP contribution in [-0.2, 0) is 0 Å². The first-order valence-electron chi connectivity index (χ1n) is 10.0. The van der Waals surface area contributed by atoms with Crippen LogP contribution in [0.4, 0.5) is 0 Å². The minimum Gasteiger partial charge on any atom is -0.496 e. The van der Waals surface area contributed by atoms with Gasteiger partial charge in [-0.05, 0) is 44.0 Å². The minimum absolute atomic E-state index is 0.0115. The molecule has 3 atom stereocenters. The number of methoxy groups -OCH3 is 1. The Morgan fingerprint density at radius 3 is 2.61 bits per heavy atom. The second-order valence-electron chi connectivity index (χ2n) is 8.10. The zero-order valence-corrected chi connectivity index (χ0v) is 16.0. The molecule has 4 aliphatic rings. The van der Waals surface area contributed by atoms with Crippen LogP contribution in [0.15, 0.2) is 47.4 Å². The number of likely N-dealkylation sites (tertiary alicyclic amines) is 1. The Morgan fingerprint density at radius 1 is 1.11 bits per heavy atom. The van der Waals surface area contributed by atoms with Gasteiger partial charge in [0, 0.05) is 36.3 Å². The van der Waals surface area contributed by atoms with Gasteiger partial charge < -0.3 is 14.6 Å². The molecule has 0 radical (unpaired) electrons. The van der Waals surface area contributed by atoms with Crippen molar-refractivity contribution in [1.29, 1.82) is 0 Å². The van der Waals surface area contributed by atoms with Crippen molar-refractivity contribution in [2.45, 2.75) is 30.8 Å². The number of H-pyrrole nitrogens is 1. The normalized spacial score (nSPS) is 30.9. The molecular weight excluding hydrogens is 354 g/mol. The third-order valence-electron chi connectivity index (χ3n) is 6.82. The predicted octanol–water partition coefficient (Wildman–Crippen LogP) is 2.09. The second kappa shape index (κ2) is 6.78. The second-order valence-corrected chi connectivity index (χ2v) is 8.10. The van der Waals surface area contributed by atoms with Crippen molar-refractivity contribution in [1.82, 2.24) is 14.8 Å². The number of carbonyl (C=O) groups excluding carboxylic acids is 1. The maximum atomic E-state index is 13.4. The number of hydrogen-bond donors (Lipinski definition) is 1. The van der Waals surface area contributed by atoms with Crippen molar-refractivity contribution in [3.05, 3.63) is 64.1 Å². The molecule has 0 spiro atoms. The summed E-state index contributed by atoms with van der Waals surface area (Å²) in [6.45, 7) is 2.90. The number of benzene rings is 1. The van der Waals surface area contributed by atoms with Gasteiger partial charge in [-0.1, -0.05) is 18.2 Å². The summed E-state index contributed by atoms with van der Waals surface area (Å²) in [5, 5.41) is 0. The maximum absolute atomic E-state index is 13.4. The number of hydrogen-bond acceptors (Lipinski definition) is 4. The predicted molar refractivity (Wildman–Crippen MR) is 106 cm³/mol. The van der Waals surface area contributed by atoms with E-state index >= 15 is 0 Å². The number of piperidine rings is 3. The lowest BCUT2D eigenvalue weighted by Gasteiger charge is -2.51. The average molecular weight is 379 g/mol. The number of nitrogens with one attached hydrogen (secondary N) is 1. The van der Waals surface area contributed by atoms with Gasteiger partial charge in [-0.25, -0.2) is 0 Å². The number of rotatable bonds is 3. The van der Waals surface area contributed by atoms with Crippen molar-refractivity contribution >= 4 is 5.91 Å². The van der Waals surface area contributed by atoms with Gasteiger partial charge in [-0.15, -0.1) is 0 Å². The number of nitrogens with zero attached hydrogens (tertiary/aromatic N) is 2. The van der Waals surface area contributed by atoms with E-state index in [-0.39, 0.29) is 23.4 Å². The summed E-state index contributed by atoms with van der Waals surface area (Å²) in [6.07, 6.45) is 3.84. The average Bonchev–Trinajstić information content (AvgIpc) is 3.17. The summed E-state index contributed by atoms with van der Waals surface area (Å²) in [6, 6.07) is 11.8. The molecule has 1 aromatic heterocycles. The number of pyridine rings is 1. The van der Waals surface area contributed by atoms with Crippen LogP contribution in [0.2, 0.25) is 0 Å². The summed E-state index contributed by atoms with van der Waals surface area (Å²) in [4.78, 5) is 32.0. The Hall–Kier alpha value is -2.60. The fourth-order valence-corrected chi connectivity index (χ4v) is 5.61. The van der Waals surface area contributed by atoms with Gasteiger partial charge in [0.1, 0.15) is 5.75 Å². The topological polar surface area (TPSA) is 65.6 Å². The molecule has 4 fully saturated rings. The first-order valence-corrected chi connectivity index (χ1v) is 10.0. The third-order valence-corrected chi connectivity index (χ3v) is 6.82. The van der Waals surface area contributed by atoms with Crippen molar-refractivity contribution in [3.63, 3.8) is 0 Å². The molecule has 1 amide bonds. The number of carbonyl (C=O) groups is 1. The largest absolute Gasteiger partial charge is 0.496 e. The van der Waals surface area contributed by atoms with E-state index in [1.54, 1.807) is 13.2 Å². The highest BCUT2D eigenvalue weighted by Gasteiger charge is 2.55. The smallest absolute Gasteiger partial charge is 0.255 e. The fourth-order valence-electron chi connectivity index (χ4n) is 5.61. The molecule has 2 aromatic rings. The highest BCUT2D eigenvalue weighted by Crippen LogP contribution is 2.48. The van der Waals surface area contributed by atoms with Crippen LogP contribution in [-0.4, -0.2) is 59.5 Å². The molecule has 1 N–H and O–H groups in total. The molecule has 6 rings (SSSR count). The van der Waals surface area contributed by atoms with Crippen molar-refractivity contribution < 1.29 is 9.53 Å². The number of para-hydroxylation sites is 1. The minimum atomic E-state index is -0.189. The molecular formula is C22H25N3O3. The first-order chi connectivity index (χ1) is 13.7. The van der Waals surface area contributed by atoms with Crippen LogP contribution >= 0.6 is 0 Å². The first kappa shape index (κ1) is 17.5. The maximum Gasteiger partial charge on any atom is 0.255 e. The lowest BCUT2D eigenvalue weighted by atomic mass is 9.75. The molecule has 0 saturated carbocycles. The van der Waals surface area contributed by atoms with Crippen LogP contribution in [0.25, 0.3) is 0 Å². The van der Waals surface area contributed by atoms with Crippen LogP contribution in [0.1, 0.15) is 34.7 Å². The molecule has 6 heteroatoms. The van der Waals surface area contributed by atoms with Crippen LogP contribution in [0.3, 0.4) is 0 Å². The fraction of sp³-hybridized carbons (Fsp3) is 0.455. The quantitative estimate of drug-likeness (QED) is 0.887. The van der Waals surface area contributed by atoms with E-state index < -0.39 is 0 Å². The van der Waals surface area contributed by atoms with Crippen molar-refractivity contribution in [2.24, 2.45) is 5.92 Å².